The Labute approximate surface area is 138 Å². The quantitative estimate of drug-likeness (QED) is 0.629. The van der Waals surface area contributed by atoms with E-state index >= 15 is 0 Å². The number of ether oxygens (including phenoxy) is 2. The lowest BCUT2D eigenvalue weighted by molar-refractivity contribution is -0.132. The largest absolute Gasteiger partial charge is 0.422 e. The van der Waals surface area contributed by atoms with Gasteiger partial charge in [0.25, 0.3) is 0 Å². The molecule has 116 valence electrons. The maximum atomic E-state index is 12.1. The Morgan fingerprint density at radius 2 is 1.25 bits per heavy atom. The van der Waals surface area contributed by atoms with E-state index in [1.54, 1.807) is 12.2 Å². The summed E-state index contributed by atoms with van der Waals surface area (Å²) in [7, 11) is 0. The van der Waals surface area contributed by atoms with Gasteiger partial charge in [0.15, 0.2) is 0 Å². The van der Waals surface area contributed by atoms with Crippen LogP contribution in [0.15, 0.2) is 84.1 Å². The first-order valence-corrected chi connectivity index (χ1v) is 7.45. The molecule has 0 N–H and O–H groups in total. The number of cyclic esters (lactones) is 2. The van der Waals surface area contributed by atoms with E-state index in [9.17, 15) is 9.59 Å². The van der Waals surface area contributed by atoms with Crippen molar-refractivity contribution in [3.8, 4) is 0 Å². The second-order valence-electron chi connectivity index (χ2n) is 5.36. The van der Waals surface area contributed by atoms with Crippen molar-refractivity contribution in [3.05, 3.63) is 95.3 Å². The van der Waals surface area contributed by atoms with Gasteiger partial charge in [-0.05, 0) is 17.7 Å². The average molecular weight is 316 g/mol. The second kappa shape index (κ2) is 5.66. The minimum absolute atomic E-state index is 0.217. The van der Waals surface area contributed by atoms with Crippen LogP contribution in [-0.4, -0.2) is 11.9 Å². The first-order chi connectivity index (χ1) is 11.7. The number of allylic oxidation sites excluding steroid dienone is 1. The van der Waals surface area contributed by atoms with Gasteiger partial charge in [0.2, 0.25) is 0 Å². The van der Waals surface area contributed by atoms with Crippen LogP contribution in [0, 0.1) is 0 Å². The minimum Gasteiger partial charge on any atom is -0.422 e. The third kappa shape index (κ3) is 2.44. The molecule has 0 fully saturated rings. The highest BCUT2D eigenvalue weighted by atomic mass is 16.6. The van der Waals surface area contributed by atoms with Gasteiger partial charge in [-0.3, -0.25) is 0 Å². The number of rotatable bonds is 2. The van der Waals surface area contributed by atoms with E-state index in [2.05, 4.69) is 0 Å². The Bertz CT molecular complexity index is 919. The highest BCUT2D eigenvalue weighted by Crippen LogP contribution is 2.33. The summed E-state index contributed by atoms with van der Waals surface area (Å²) in [5.74, 6) is -0.337. The molecule has 0 bridgehead atoms. The van der Waals surface area contributed by atoms with Crippen molar-refractivity contribution in [1.82, 2.24) is 0 Å². The summed E-state index contributed by atoms with van der Waals surface area (Å²) in [6.45, 7) is 0. The van der Waals surface area contributed by atoms with Gasteiger partial charge >= 0.3 is 11.9 Å². The third-order valence-electron chi connectivity index (χ3n) is 3.80. The lowest BCUT2D eigenvalue weighted by atomic mass is 10.1. The van der Waals surface area contributed by atoms with Gasteiger partial charge in [0.1, 0.15) is 17.1 Å². The van der Waals surface area contributed by atoms with Crippen LogP contribution in [0.4, 0.5) is 0 Å². The first-order valence-electron chi connectivity index (χ1n) is 7.45. The number of carbonyl (C=O) groups excluding carboxylic acids is 2. The molecule has 0 atom stereocenters. The Morgan fingerprint density at radius 3 is 1.92 bits per heavy atom. The van der Waals surface area contributed by atoms with Crippen LogP contribution >= 0.6 is 0 Å². The molecule has 0 saturated carbocycles. The van der Waals surface area contributed by atoms with E-state index in [1.165, 1.54) is 0 Å². The predicted octanol–water partition coefficient (Wildman–Crippen LogP) is 3.48. The fraction of sp³-hybridized carbons (Fsp3) is 0. The zero-order valence-electron chi connectivity index (χ0n) is 12.6. The van der Waals surface area contributed by atoms with Crippen molar-refractivity contribution in [2.75, 3.05) is 0 Å². The summed E-state index contributed by atoms with van der Waals surface area (Å²) in [5, 5.41) is 0. The number of carbonyl (C=O) groups is 2. The van der Waals surface area contributed by atoms with Gasteiger partial charge in [-0.2, -0.15) is 0 Å². The Balaban J connectivity index is 1.75. The van der Waals surface area contributed by atoms with Crippen molar-refractivity contribution in [2.24, 2.45) is 0 Å². The van der Waals surface area contributed by atoms with Crippen molar-refractivity contribution >= 4 is 23.3 Å². The Kier molecular flexibility index (Phi) is 3.35. The topological polar surface area (TPSA) is 52.6 Å². The lowest BCUT2D eigenvalue weighted by Gasteiger charge is -2.00. The smallest absolute Gasteiger partial charge is 0.347 e. The van der Waals surface area contributed by atoms with Crippen LogP contribution < -0.4 is 0 Å². The molecule has 2 aliphatic rings. The van der Waals surface area contributed by atoms with Gasteiger partial charge in [-0.1, -0.05) is 60.7 Å². The molecule has 2 heterocycles. The molecule has 2 aromatic rings. The zero-order valence-corrected chi connectivity index (χ0v) is 12.6. The van der Waals surface area contributed by atoms with Crippen molar-refractivity contribution in [3.63, 3.8) is 0 Å². The molecule has 0 unspecified atom stereocenters. The minimum atomic E-state index is -0.526. The summed E-state index contributed by atoms with van der Waals surface area (Å²) in [4.78, 5) is 24.2. The standard InChI is InChI=1S/C20H12O4/c21-19-15(13-7-3-1-4-8-13)11-18(24-19)16-12-17(23-20(16)22)14-9-5-2-6-10-14/h1-12H/b18-16+. The molecule has 0 radical (unpaired) electrons. The highest BCUT2D eigenvalue weighted by molar-refractivity contribution is 6.20. The van der Waals surface area contributed by atoms with Gasteiger partial charge in [0, 0.05) is 5.56 Å². The second-order valence-corrected chi connectivity index (χ2v) is 5.36. The SMILES string of the molecule is O=C1O/C(=C2\C=C(c3ccccc3)OC2=O)C=C1c1ccccc1. The Morgan fingerprint density at radius 1 is 0.625 bits per heavy atom. The zero-order chi connectivity index (χ0) is 16.5. The van der Waals surface area contributed by atoms with Crippen LogP contribution in [0.5, 0.6) is 0 Å². The molecule has 4 rings (SSSR count). The average Bonchev–Trinajstić information content (AvgIpc) is 3.19. The Hall–Kier alpha value is -3.40. The summed E-state index contributed by atoms with van der Waals surface area (Å²) in [6, 6.07) is 18.5. The van der Waals surface area contributed by atoms with E-state index < -0.39 is 11.9 Å². The highest BCUT2D eigenvalue weighted by Gasteiger charge is 2.31. The fourth-order valence-electron chi connectivity index (χ4n) is 2.62. The molecule has 0 saturated heterocycles. The molecule has 2 aliphatic heterocycles. The van der Waals surface area contributed by atoms with Gasteiger partial charge in [0.05, 0.1) is 5.57 Å². The van der Waals surface area contributed by atoms with Crippen LogP contribution in [0.25, 0.3) is 11.3 Å². The third-order valence-corrected chi connectivity index (χ3v) is 3.80. The monoisotopic (exact) mass is 316 g/mol. The fourth-order valence-corrected chi connectivity index (χ4v) is 2.62. The number of hydrogen-bond acceptors (Lipinski definition) is 4. The van der Waals surface area contributed by atoms with Gasteiger partial charge < -0.3 is 9.47 Å². The summed E-state index contributed by atoms with van der Waals surface area (Å²) >= 11 is 0. The van der Waals surface area contributed by atoms with Crippen molar-refractivity contribution < 1.29 is 19.1 Å². The summed E-state index contributed by atoms with van der Waals surface area (Å²) in [5.41, 5.74) is 2.20. The van der Waals surface area contributed by atoms with E-state index in [4.69, 9.17) is 9.47 Å². The van der Waals surface area contributed by atoms with Crippen LogP contribution in [0.3, 0.4) is 0 Å². The van der Waals surface area contributed by atoms with Gasteiger partial charge in [-0.15, -0.1) is 0 Å². The molecule has 0 aromatic heterocycles. The van der Waals surface area contributed by atoms with Crippen LogP contribution in [0.2, 0.25) is 0 Å². The normalized spacial score (nSPS) is 19.7. The summed E-state index contributed by atoms with van der Waals surface area (Å²) < 4.78 is 10.6. The van der Waals surface area contributed by atoms with Crippen LogP contribution in [0.1, 0.15) is 11.1 Å². The van der Waals surface area contributed by atoms with E-state index in [0.717, 1.165) is 11.1 Å². The lowest BCUT2D eigenvalue weighted by Crippen LogP contribution is -2.02. The molecule has 2 aromatic carbocycles. The number of esters is 2. The molecule has 0 amide bonds. The maximum Gasteiger partial charge on any atom is 0.347 e. The van der Waals surface area contributed by atoms with E-state index in [0.29, 0.717) is 11.3 Å². The summed E-state index contributed by atoms with van der Waals surface area (Å²) in [6.07, 6.45) is 3.18. The van der Waals surface area contributed by atoms with Crippen molar-refractivity contribution in [1.29, 1.82) is 0 Å². The first kappa shape index (κ1) is 14.2. The molecule has 0 aliphatic carbocycles. The predicted molar refractivity (Wildman–Crippen MR) is 88.0 cm³/mol. The molecule has 24 heavy (non-hydrogen) atoms. The number of benzene rings is 2. The molecule has 4 heteroatoms. The molecule has 4 nitrogen and oxygen atoms in total. The molecular formula is C20H12O4. The van der Waals surface area contributed by atoms with E-state index in [1.807, 2.05) is 60.7 Å². The molecule has 0 spiro atoms. The van der Waals surface area contributed by atoms with E-state index in [-0.39, 0.29) is 11.3 Å². The maximum absolute atomic E-state index is 12.1. The van der Waals surface area contributed by atoms with Gasteiger partial charge in [-0.25, -0.2) is 9.59 Å². The number of hydrogen-bond donors (Lipinski definition) is 0. The van der Waals surface area contributed by atoms with Crippen molar-refractivity contribution in [2.45, 2.75) is 0 Å². The molecular weight excluding hydrogens is 304 g/mol. The van der Waals surface area contributed by atoms with Crippen LogP contribution in [-0.2, 0) is 19.1 Å².